The van der Waals surface area contributed by atoms with Gasteiger partial charge in [-0.25, -0.2) is 0 Å². The third kappa shape index (κ3) is 4.58. The molecular weight excluding hydrogens is 192 g/mol. The first-order valence-electron chi connectivity index (χ1n) is 5.92. The molecule has 0 N–H and O–H groups in total. The topological polar surface area (TPSA) is 18.5 Å². The fourth-order valence-corrected chi connectivity index (χ4v) is 3.32. The van der Waals surface area contributed by atoms with Crippen molar-refractivity contribution >= 4 is 9.28 Å². The molecule has 0 amide bonds. The van der Waals surface area contributed by atoms with E-state index in [0.29, 0.717) is 0 Å². The Morgan fingerprint density at radius 1 is 1.07 bits per heavy atom. The molecular formula is C11H24O2Si. The van der Waals surface area contributed by atoms with E-state index in [4.69, 9.17) is 8.85 Å². The Kier molecular flexibility index (Phi) is 6.48. The lowest BCUT2D eigenvalue weighted by atomic mass is 9.82. The van der Waals surface area contributed by atoms with E-state index < -0.39 is 9.28 Å². The van der Waals surface area contributed by atoms with Crippen molar-refractivity contribution in [2.45, 2.75) is 51.0 Å². The van der Waals surface area contributed by atoms with Crippen LogP contribution in [0.4, 0.5) is 0 Å². The predicted octanol–water partition coefficient (Wildman–Crippen LogP) is 2.86. The van der Waals surface area contributed by atoms with E-state index in [1.165, 1.54) is 51.0 Å². The van der Waals surface area contributed by atoms with Crippen LogP contribution in [-0.2, 0) is 8.85 Å². The Bertz CT molecular complexity index is 133. The van der Waals surface area contributed by atoms with E-state index in [-0.39, 0.29) is 0 Å². The van der Waals surface area contributed by atoms with Gasteiger partial charge in [-0.3, -0.25) is 0 Å². The molecule has 3 heteroatoms. The summed E-state index contributed by atoms with van der Waals surface area (Å²) < 4.78 is 10.6. The maximum absolute atomic E-state index is 5.28. The van der Waals surface area contributed by atoms with Crippen LogP contribution in [-0.4, -0.2) is 23.5 Å². The van der Waals surface area contributed by atoms with Crippen molar-refractivity contribution in [3.05, 3.63) is 0 Å². The molecule has 0 heterocycles. The summed E-state index contributed by atoms with van der Waals surface area (Å²) in [5, 5.41) is 0. The summed E-state index contributed by atoms with van der Waals surface area (Å²) in [6, 6.07) is 1.18. The summed E-state index contributed by atoms with van der Waals surface area (Å²) in [6.07, 6.45) is 10.0. The SMILES string of the molecule is CO[SiH](CCCCCC1CCC1)OC. The van der Waals surface area contributed by atoms with Crippen molar-refractivity contribution in [1.29, 1.82) is 0 Å². The van der Waals surface area contributed by atoms with E-state index in [9.17, 15) is 0 Å². The van der Waals surface area contributed by atoms with Crippen LogP contribution in [0.15, 0.2) is 0 Å². The van der Waals surface area contributed by atoms with Crippen molar-refractivity contribution in [1.82, 2.24) is 0 Å². The molecule has 1 saturated carbocycles. The lowest BCUT2D eigenvalue weighted by molar-refractivity contribution is 0.272. The summed E-state index contributed by atoms with van der Waals surface area (Å²) in [4.78, 5) is 0. The first-order valence-corrected chi connectivity index (χ1v) is 7.68. The van der Waals surface area contributed by atoms with Crippen molar-refractivity contribution in [2.24, 2.45) is 5.92 Å². The van der Waals surface area contributed by atoms with Crippen molar-refractivity contribution in [3.63, 3.8) is 0 Å². The Morgan fingerprint density at radius 2 is 1.79 bits per heavy atom. The minimum atomic E-state index is -1.25. The lowest BCUT2D eigenvalue weighted by Gasteiger charge is -2.25. The Balaban J connectivity index is 1.83. The quantitative estimate of drug-likeness (QED) is 0.459. The van der Waals surface area contributed by atoms with Gasteiger partial charge in [0, 0.05) is 14.2 Å². The van der Waals surface area contributed by atoms with Gasteiger partial charge in [0.25, 0.3) is 0 Å². The smallest absolute Gasteiger partial charge is 0.320 e. The summed E-state index contributed by atoms with van der Waals surface area (Å²) in [7, 11) is 2.29. The van der Waals surface area contributed by atoms with Crippen LogP contribution in [0.5, 0.6) is 0 Å². The minimum Gasteiger partial charge on any atom is -0.400 e. The van der Waals surface area contributed by atoms with Crippen LogP contribution in [0.1, 0.15) is 44.9 Å². The van der Waals surface area contributed by atoms with Gasteiger partial charge in [0.1, 0.15) is 0 Å². The lowest BCUT2D eigenvalue weighted by Crippen LogP contribution is -2.18. The van der Waals surface area contributed by atoms with Crippen molar-refractivity contribution in [2.75, 3.05) is 14.2 Å². The third-order valence-electron chi connectivity index (χ3n) is 3.30. The molecule has 0 aromatic carbocycles. The molecule has 84 valence electrons. The van der Waals surface area contributed by atoms with Crippen LogP contribution >= 0.6 is 0 Å². The van der Waals surface area contributed by atoms with E-state index >= 15 is 0 Å². The van der Waals surface area contributed by atoms with Crippen LogP contribution in [0.3, 0.4) is 0 Å². The maximum Gasteiger partial charge on any atom is 0.320 e. The second kappa shape index (κ2) is 7.43. The first kappa shape index (κ1) is 12.2. The van der Waals surface area contributed by atoms with Gasteiger partial charge in [-0.1, -0.05) is 44.9 Å². The summed E-state index contributed by atoms with van der Waals surface area (Å²) >= 11 is 0. The number of rotatable bonds is 8. The van der Waals surface area contributed by atoms with Gasteiger partial charge in [0.2, 0.25) is 0 Å². The van der Waals surface area contributed by atoms with Gasteiger partial charge in [-0.15, -0.1) is 0 Å². The average Bonchev–Trinajstić information content (AvgIpc) is 2.14. The summed E-state index contributed by atoms with van der Waals surface area (Å²) in [6.45, 7) is 0. The molecule has 0 saturated heterocycles. The highest BCUT2D eigenvalue weighted by Crippen LogP contribution is 2.31. The molecule has 0 radical (unpaired) electrons. The maximum atomic E-state index is 5.28. The Morgan fingerprint density at radius 3 is 2.29 bits per heavy atom. The van der Waals surface area contributed by atoms with Gasteiger partial charge in [0.05, 0.1) is 0 Å². The van der Waals surface area contributed by atoms with Crippen LogP contribution in [0.25, 0.3) is 0 Å². The molecule has 0 aromatic heterocycles. The fourth-order valence-electron chi connectivity index (χ4n) is 2.03. The monoisotopic (exact) mass is 216 g/mol. The standard InChI is InChI=1S/C11H24O2Si/c1-12-14(13-2)10-5-3-4-7-11-8-6-9-11/h11,14H,3-10H2,1-2H3. The van der Waals surface area contributed by atoms with Gasteiger partial charge in [-0.2, -0.15) is 0 Å². The van der Waals surface area contributed by atoms with E-state index in [1.807, 2.05) is 0 Å². The van der Waals surface area contributed by atoms with Crippen LogP contribution < -0.4 is 0 Å². The fraction of sp³-hybridized carbons (Fsp3) is 1.00. The average molecular weight is 216 g/mol. The van der Waals surface area contributed by atoms with Crippen LogP contribution in [0, 0.1) is 5.92 Å². The highest BCUT2D eigenvalue weighted by atomic mass is 28.3. The molecule has 1 rings (SSSR count). The summed E-state index contributed by atoms with van der Waals surface area (Å²) in [5.74, 6) is 1.08. The predicted molar refractivity (Wildman–Crippen MR) is 61.8 cm³/mol. The molecule has 1 fully saturated rings. The molecule has 2 nitrogen and oxygen atoms in total. The first-order chi connectivity index (χ1) is 6.86. The molecule has 0 bridgehead atoms. The second-order valence-electron chi connectivity index (χ2n) is 4.34. The second-order valence-corrected chi connectivity index (χ2v) is 6.72. The zero-order chi connectivity index (χ0) is 10.2. The molecule has 0 unspecified atom stereocenters. The van der Waals surface area contributed by atoms with E-state index in [2.05, 4.69) is 0 Å². The minimum absolute atomic E-state index is 1.08. The third-order valence-corrected chi connectivity index (χ3v) is 5.23. The molecule has 0 atom stereocenters. The highest BCUT2D eigenvalue weighted by Gasteiger charge is 2.16. The summed E-state index contributed by atoms with van der Waals surface area (Å²) in [5.41, 5.74) is 0. The molecule has 1 aliphatic rings. The Labute approximate surface area is 89.8 Å². The van der Waals surface area contributed by atoms with Gasteiger partial charge in [-0.05, 0) is 12.0 Å². The van der Waals surface area contributed by atoms with Crippen molar-refractivity contribution < 1.29 is 8.85 Å². The molecule has 0 aliphatic heterocycles. The molecule has 0 spiro atoms. The largest absolute Gasteiger partial charge is 0.400 e. The molecule has 1 aliphatic carbocycles. The number of hydrogen-bond donors (Lipinski definition) is 0. The zero-order valence-electron chi connectivity index (χ0n) is 9.63. The van der Waals surface area contributed by atoms with E-state index in [1.54, 1.807) is 14.2 Å². The van der Waals surface area contributed by atoms with Gasteiger partial charge in [0.15, 0.2) is 0 Å². The Hall–Kier alpha value is 0.137. The normalized spacial score (nSPS) is 17.4. The van der Waals surface area contributed by atoms with Gasteiger partial charge >= 0.3 is 9.28 Å². The molecule has 0 aromatic rings. The number of hydrogen-bond acceptors (Lipinski definition) is 2. The van der Waals surface area contributed by atoms with Crippen molar-refractivity contribution in [3.8, 4) is 0 Å². The zero-order valence-corrected chi connectivity index (χ0v) is 10.8. The molecule has 14 heavy (non-hydrogen) atoms. The van der Waals surface area contributed by atoms with Crippen LogP contribution in [0.2, 0.25) is 6.04 Å². The van der Waals surface area contributed by atoms with E-state index in [0.717, 1.165) is 5.92 Å². The highest BCUT2D eigenvalue weighted by molar-refractivity contribution is 6.44. The number of unbranched alkanes of at least 4 members (excludes halogenated alkanes) is 2. The van der Waals surface area contributed by atoms with Gasteiger partial charge < -0.3 is 8.85 Å².